The molecule has 0 unspecified atom stereocenters. The maximum absolute atomic E-state index is 12.2. The van der Waals surface area contributed by atoms with Crippen molar-refractivity contribution in [3.63, 3.8) is 0 Å². The summed E-state index contributed by atoms with van der Waals surface area (Å²) in [5.41, 5.74) is 3.01. The van der Waals surface area contributed by atoms with Gasteiger partial charge in [0, 0.05) is 44.2 Å². The fourth-order valence-electron chi connectivity index (χ4n) is 2.97. The van der Waals surface area contributed by atoms with E-state index in [1.54, 1.807) is 7.05 Å². The highest BCUT2D eigenvalue weighted by atomic mass is 32.1. The van der Waals surface area contributed by atoms with E-state index in [-0.39, 0.29) is 25.3 Å². The van der Waals surface area contributed by atoms with E-state index in [9.17, 15) is 9.59 Å². The highest BCUT2D eigenvalue weighted by molar-refractivity contribution is 7.13. The van der Waals surface area contributed by atoms with Crippen molar-refractivity contribution >= 4 is 23.2 Å². The standard InChI is InChI=1S/C20H25N3O4S/c1-22(7-6-19(25)26)18(24)12-17-14-28-20(21-17)16-4-2-15(3-5-16)13-23-8-10-27-11-9-23/h2-5,14H,6-13H2,1H3,(H,25,26). The maximum atomic E-state index is 12.2. The van der Waals surface area contributed by atoms with Crippen LogP contribution in [-0.2, 0) is 27.3 Å². The monoisotopic (exact) mass is 403 g/mol. The van der Waals surface area contributed by atoms with Gasteiger partial charge in [0.25, 0.3) is 0 Å². The molecule has 2 heterocycles. The van der Waals surface area contributed by atoms with E-state index in [0.29, 0.717) is 5.69 Å². The molecule has 2 aromatic rings. The normalized spacial score (nSPS) is 14.8. The van der Waals surface area contributed by atoms with E-state index in [1.807, 2.05) is 5.38 Å². The van der Waals surface area contributed by atoms with Crippen molar-refractivity contribution in [2.75, 3.05) is 39.9 Å². The number of likely N-dealkylation sites (N-methyl/N-ethyl adjacent to an activating group) is 1. The molecule has 28 heavy (non-hydrogen) atoms. The summed E-state index contributed by atoms with van der Waals surface area (Å²) in [5, 5.41) is 11.5. The third-order valence-corrected chi connectivity index (χ3v) is 5.62. The topological polar surface area (TPSA) is 83.0 Å². The Morgan fingerprint density at radius 1 is 1.25 bits per heavy atom. The number of hydrogen-bond donors (Lipinski definition) is 1. The number of amides is 1. The molecule has 0 bridgehead atoms. The number of rotatable bonds is 8. The Morgan fingerprint density at radius 2 is 1.96 bits per heavy atom. The summed E-state index contributed by atoms with van der Waals surface area (Å²) in [4.78, 5) is 31.2. The van der Waals surface area contributed by atoms with Gasteiger partial charge < -0.3 is 14.7 Å². The number of morpholine rings is 1. The van der Waals surface area contributed by atoms with Crippen molar-refractivity contribution in [3.8, 4) is 10.6 Å². The van der Waals surface area contributed by atoms with E-state index in [1.165, 1.54) is 21.8 Å². The highest BCUT2D eigenvalue weighted by Crippen LogP contribution is 2.25. The zero-order valence-electron chi connectivity index (χ0n) is 16.0. The number of aliphatic carboxylic acids is 1. The second-order valence-electron chi connectivity index (χ2n) is 6.87. The molecule has 1 aromatic carbocycles. The van der Waals surface area contributed by atoms with Crippen molar-refractivity contribution in [1.29, 1.82) is 0 Å². The van der Waals surface area contributed by atoms with Crippen molar-refractivity contribution in [2.45, 2.75) is 19.4 Å². The van der Waals surface area contributed by atoms with Gasteiger partial charge in [0.1, 0.15) is 5.01 Å². The summed E-state index contributed by atoms with van der Waals surface area (Å²) in [5.74, 6) is -1.04. The summed E-state index contributed by atoms with van der Waals surface area (Å²) in [7, 11) is 1.62. The van der Waals surface area contributed by atoms with Crippen LogP contribution in [0.4, 0.5) is 0 Å². The Kier molecular flexibility index (Phi) is 7.13. The first-order valence-corrected chi connectivity index (χ1v) is 10.2. The number of thiazole rings is 1. The van der Waals surface area contributed by atoms with Gasteiger partial charge in [0.15, 0.2) is 0 Å². The molecule has 0 saturated carbocycles. The van der Waals surface area contributed by atoms with E-state index in [0.717, 1.165) is 43.4 Å². The number of carboxylic acid groups (broad SMARTS) is 1. The predicted octanol–water partition coefficient (Wildman–Crippen LogP) is 2.12. The summed E-state index contributed by atoms with van der Waals surface area (Å²) >= 11 is 1.51. The van der Waals surface area contributed by atoms with Crippen molar-refractivity contribution in [3.05, 3.63) is 40.9 Å². The summed E-state index contributed by atoms with van der Waals surface area (Å²) in [6.45, 7) is 4.65. The van der Waals surface area contributed by atoms with E-state index in [2.05, 4.69) is 34.1 Å². The molecule has 7 nitrogen and oxygen atoms in total. The molecule has 1 aliphatic rings. The first kappa shape index (κ1) is 20.4. The smallest absolute Gasteiger partial charge is 0.305 e. The Bertz CT molecular complexity index is 800. The lowest BCUT2D eigenvalue weighted by molar-refractivity contribution is -0.138. The van der Waals surface area contributed by atoms with Gasteiger partial charge in [-0.15, -0.1) is 11.3 Å². The molecular formula is C20H25N3O4S. The van der Waals surface area contributed by atoms with Gasteiger partial charge in [-0.2, -0.15) is 0 Å². The number of carboxylic acids is 1. The van der Waals surface area contributed by atoms with Gasteiger partial charge >= 0.3 is 5.97 Å². The van der Waals surface area contributed by atoms with E-state index in [4.69, 9.17) is 9.84 Å². The van der Waals surface area contributed by atoms with Crippen LogP contribution in [0.1, 0.15) is 17.7 Å². The van der Waals surface area contributed by atoms with Crippen LogP contribution in [0.25, 0.3) is 10.6 Å². The number of ether oxygens (including phenoxy) is 1. The fraction of sp³-hybridized carbons (Fsp3) is 0.450. The fourth-order valence-corrected chi connectivity index (χ4v) is 3.79. The third kappa shape index (κ3) is 5.85. The van der Waals surface area contributed by atoms with E-state index >= 15 is 0 Å². The molecule has 0 atom stereocenters. The maximum Gasteiger partial charge on any atom is 0.305 e. The Hall–Kier alpha value is -2.29. The molecule has 1 saturated heterocycles. The van der Waals surface area contributed by atoms with E-state index < -0.39 is 5.97 Å². The molecule has 1 aliphatic heterocycles. The second-order valence-corrected chi connectivity index (χ2v) is 7.72. The minimum atomic E-state index is -0.910. The number of benzene rings is 1. The Labute approximate surface area is 168 Å². The third-order valence-electron chi connectivity index (χ3n) is 4.68. The van der Waals surface area contributed by atoms with Gasteiger partial charge in [-0.1, -0.05) is 24.3 Å². The summed E-state index contributed by atoms with van der Waals surface area (Å²) < 4.78 is 5.38. The van der Waals surface area contributed by atoms with Crippen LogP contribution in [0.5, 0.6) is 0 Å². The first-order valence-electron chi connectivity index (χ1n) is 9.31. The lowest BCUT2D eigenvalue weighted by atomic mass is 10.1. The minimum Gasteiger partial charge on any atom is -0.481 e. The molecule has 8 heteroatoms. The molecule has 150 valence electrons. The first-order chi connectivity index (χ1) is 13.5. The Balaban J connectivity index is 1.55. The molecule has 1 fully saturated rings. The lowest BCUT2D eigenvalue weighted by Crippen LogP contribution is -2.35. The minimum absolute atomic E-state index is 0.0542. The van der Waals surface area contributed by atoms with Gasteiger partial charge in [-0.05, 0) is 5.56 Å². The largest absolute Gasteiger partial charge is 0.481 e. The van der Waals surface area contributed by atoms with Gasteiger partial charge in [-0.25, -0.2) is 4.98 Å². The molecule has 3 rings (SSSR count). The molecule has 0 radical (unpaired) electrons. The summed E-state index contributed by atoms with van der Waals surface area (Å²) in [6, 6.07) is 8.38. The SMILES string of the molecule is CN(CCC(=O)O)C(=O)Cc1csc(-c2ccc(CN3CCOCC3)cc2)n1. The predicted molar refractivity (Wildman–Crippen MR) is 107 cm³/mol. The Morgan fingerprint density at radius 3 is 2.64 bits per heavy atom. The van der Waals surface area contributed by atoms with Crippen molar-refractivity contribution in [1.82, 2.24) is 14.8 Å². The number of carbonyl (C=O) groups excluding carboxylic acids is 1. The number of nitrogens with zero attached hydrogens (tertiary/aromatic N) is 3. The quantitative estimate of drug-likeness (QED) is 0.727. The van der Waals surface area contributed by atoms with Crippen LogP contribution in [0.2, 0.25) is 0 Å². The molecule has 1 N–H and O–H groups in total. The summed E-state index contributed by atoms with van der Waals surface area (Å²) in [6.07, 6.45) is 0.128. The van der Waals surface area contributed by atoms with Crippen LogP contribution in [0.15, 0.2) is 29.6 Å². The zero-order valence-corrected chi connectivity index (χ0v) is 16.8. The molecule has 1 aromatic heterocycles. The average Bonchev–Trinajstić information content (AvgIpc) is 3.16. The zero-order chi connectivity index (χ0) is 19.9. The molecule has 1 amide bonds. The number of hydrogen-bond acceptors (Lipinski definition) is 6. The van der Waals surface area contributed by atoms with Crippen LogP contribution in [-0.4, -0.2) is 71.7 Å². The van der Waals surface area contributed by atoms with Crippen LogP contribution in [0, 0.1) is 0 Å². The lowest BCUT2D eigenvalue weighted by Gasteiger charge is -2.26. The van der Waals surface area contributed by atoms with Crippen LogP contribution >= 0.6 is 11.3 Å². The van der Waals surface area contributed by atoms with Crippen molar-refractivity contribution in [2.24, 2.45) is 0 Å². The van der Waals surface area contributed by atoms with Gasteiger partial charge in [-0.3, -0.25) is 14.5 Å². The average molecular weight is 404 g/mol. The highest BCUT2D eigenvalue weighted by Gasteiger charge is 2.14. The molecule has 0 spiro atoms. The van der Waals surface area contributed by atoms with Gasteiger partial charge in [0.05, 0.1) is 31.7 Å². The molecular weight excluding hydrogens is 378 g/mol. The van der Waals surface area contributed by atoms with Crippen LogP contribution in [0.3, 0.4) is 0 Å². The molecule has 0 aliphatic carbocycles. The van der Waals surface area contributed by atoms with Gasteiger partial charge in [0.2, 0.25) is 5.91 Å². The van der Waals surface area contributed by atoms with Crippen LogP contribution < -0.4 is 0 Å². The number of carbonyl (C=O) groups is 2. The second kappa shape index (κ2) is 9.77. The van der Waals surface area contributed by atoms with Crippen molar-refractivity contribution < 1.29 is 19.4 Å². The number of aromatic nitrogens is 1.